The van der Waals surface area contributed by atoms with Crippen LogP contribution in [0.4, 0.5) is 5.82 Å². The van der Waals surface area contributed by atoms with Crippen LogP contribution >= 0.6 is 11.3 Å². The number of hydrogen-bond acceptors (Lipinski definition) is 18. The molecule has 0 bridgehead atoms. The van der Waals surface area contributed by atoms with E-state index in [0.29, 0.717) is 103 Å². The monoisotopic (exact) mass is 1190 g/mol. The number of nitriles is 1. The second-order valence-electron chi connectivity index (χ2n) is 23.0. The van der Waals surface area contributed by atoms with E-state index in [1.165, 1.54) is 27.4 Å². The number of likely N-dealkylation sites (tertiary alicyclic amines) is 1. The number of benzene rings is 3. The predicted octanol–water partition coefficient (Wildman–Crippen LogP) is 6.69. The molecule has 9 rings (SSSR count). The van der Waals surface area contributed by atoms with Crippen molar-refractivity contribution in [2.75, 3.05) is 77.9 Å². The van der Waals surface area contributed by atoms with Gasteiger partial charge in [0.15, 0.2) is 5.82 Å². The molecule has 0 spiro atoms. The van der Waals surface area contributed by atoms with Gasteiger partial charge in [-0.15, -0.1) is 11.3 Å². The maximum absolute atomic E-state index is 14.1. The van der Waals surface area contributed by atoms with E-state index in [4.69, 9.17) is 33.7 Å². The van der Waals surface area contributed by atoms with E-state index >= 15 is 0 Å². The van der Waals surface area contributed by atoms with Crippen molar-refractivity contribution in [2.24, 2.45) is 10.8 Å². The zero-order valence-electron chi connectivity index (χ0n) is 49.4. The Hall–Kier alpha value is -7.44. The second kappa shape index (κ2) is 30.3. The van der Waals surface area contributed by atoms with E-state index in [0.717, 1.165) is 62.4 Å². The van der Waals surface area contributed by atoms with Crippen molar-refractivity contribution in [3.05, 3.63) is 119 Å². The highest BCUT2D eigenvalue weighted by molar-refractivity contribution is 7.13. The summed E-state index contributed by atoms with van der Waals surface area (Å²) in [7, 11) is 0. The highest BCUT2D eigenvalue weighted by atomic mass is 32.1. The van der Waals surface area contributed by atoms with Gasteiger partial charge in [0.25, 0.3) is 0 Å². The lowest BCUT2D eigenvalue weighted by atomic mass is 9.85. The topological polar surface area (TPSA) is 265 Å². The number of thiazole rings is 1. The van der Waals surface area contributed by atoms with Gasteiger partial charge < -0.3 is 54.7 Å². The zero-order chi connectivity index (χ0) is 60.5. The number of carbonyl (C=O) groups is 3. The van der Waals surface area contributed by atoms with Crippen LogP contribution in [0.3, 0.4) is 0 Å². The number of aliphatic hydroxyl groups is 2. The van der Waals surface area contributed by atoms with Gasteiger partial charge in [-0.1, -0.05) is 62.9 Å². The second-order valence-corrected chi connectivity index (χ2v) is 23.9. The number of aryl methyl sites for hydroxylation is 1. The summed E-state index contributed by atoms with van der Waals surface area (Å²) < 4.78 is 29.0. The van der Waals surface area contributed by atoms with Crippen LogP contribution in [0.2, 0.25) is 0 Å². The van der Waals surface area contributed by atoms with Gasteiger partial charge >= 0.3 is 0 Å². The Labute approximate surface area is 506 Å². The number of amides is 3. The van der Waals surface area contributed by atoms with E-state index in [1.54, 1.807) is 17.9 Å². The van der Waals surface area contributed by atoms with E-state index in [-0.39, 0.29) is 38.1 Å². The molecule has 3 aromatic carbocycles. The van der Waals surface area contributed by atoms with Gasteiger partial charge in [-0.3, -0.25) is 24.7 Å². The quantitative estimate of drug-likeness (QED) is 0.0156. The Morgan fingerprint density at radius 1 is 0.884 bits per heavy atom. The van der Waals surface area contributed by atoms with E-state index in [2.05, 4.69) is 67.3 Å². The highest BCUT2D eigenvalue weighted by Gasteiger charge is 2.53. The van der Waals surface area contributed by atoms with Crippen molar-refractivity contribution in [1.29, 1.82) is 5.26 Å². The first-order chi connectivity index (χ1) is 41.7. The molecule has 454 valence electrons. The number of pyridine rings is 1. The van der Waals surface area contributed by atoms with Gasteiger partial charge in [0.1, 0.15) is 35.9 Å². The molecule has 86 heavy (non-hydrogen) atoms. The van der Waals surface area contributed by atoms with Gasteiger partial charge in [-0.2, -0.15) is 5.26 Å². The number of rotatable bonds is 30. The average Bonchev–Trinajstić information content (AvgIpc) is 1.87. The Balaban J connectivity index is 0.604. The van der Waals surface area contributed by atoms with Gasteiger partial charge in [-0.25, -0.2) is 15.0 Å². The molecular weight excluding hydrogens is 1110 g/mol. The third-order valence-electron chi connectivity index (χ3n) is 15.4. The van der Waals surface area contributed by atoms with Crippen LogP contribution in [0, 0.1) is 40.9 Å². The van der Waals surface area contributed by atoms with Crippen LogP contribution in [0.5, 0.6) is 5.75 Å². The fourth-order valence-electron chi connectivity index (χ4n) is 10.5. The third-order valence-corrected chi connectivity index (χ3v) is 16.4. The van der Waals surface area contributed by atoms with Crippen molar-refractivity contribution in [1.82, 2.24) is 40.8 Å². The van der Waals surface area contributed by atoms with Crippen molar-refractivity contribution in [3.63, 3.8) is 0 Å². The first-order valence-electron chi connectivity index (χ1n) is 29.6. The van der Waals surface area contributed by atoms with Crippen molar-refractivity contribution in [3.8, 4) is 45.5 Å². The molecule has 2 unspecified atom stereocenters. The average molecular weight is 1190 g/mol. The molecule has 4 heterocycles. The van der Waals surface area contributed by atoms with Gasteiger partial charge in [0.2, 0.25) is 17.7 Å². The molecule has 1 saturated heterocycles. The van der Waals surface area contributed by atoms with Crippen molar-refractivity contribution < 1.29 is 48.3 Å². The predicted molar refractivity (Wildman–Crippen MR) is 326 cm³/mol. The molecule has 3 amide bonds. The van der Waals surface area contributed by atoms with Gasteiger partial charge in [0.05, 0.1) is 92.7 Å². The number of nitrogens with zero attached hydrogens (tertiary/aromatic N) is 6. The molecule has 2 aliphatic carbocycles. The van der Waals surface area contributed by atoms with Crippen LogP contribution in [-0.4, -0.2) is 156 Å². The minimum absolute atomic E-state index is 0.00729. The molecule has 6 aromatic rings. The smallest absolute Gasteiger partial charge is 0.246 e. The minimum Gasteiger partial charge on any atom is -0.491 e. The summed E-state index contributed by atoms with van der Waals surface area (Å²) in [4.78, 5) is 60.5. The molecule has 3 aromatic heterocycles. The van der Waals surface area contributed by atoms with Crippen molar-refractivity contribution in [2.45, 2.75) is 116 Å². The number of unbranched alkanes of at least 4 members (excludes halogenated alkanes) is 1. The maximum Gasteiger partial charge on any atom is 0.246 e. The Morgan fingerprint density at radius 2 is 1.63 bits per heavy atom. The summed E-state index contributed by atoms with van der Waals surface area (Å²) in [6.45, 7) is 11.2. The lowest BCUT2D eigenvalue weighted by Crippen LogP contribution is -2.59. The zero-order valence-corrected chi connectivity index (χ0v) is 50.3. The van der Waals surface area contributed by atoms with Crippen LogP contribution in [0.1, 0.15) is 87.2 Å². The van der Waals surface area contributed by atoms with Crippen LogP contribution in [-0.2, 0) is 52.7 Å². The Bertz CT molecular complexity index is 3370. The number of nitrogens with one attached hydrogen (secondary N) is 4. The highest BCUT2D eigenvalue weighted by Crippen LogP contribution is 2.45. The first-order valence-corrected chi connectivity index (χ1v) is 30.5. The standard InChI is InChI=1S/C65H78N10O10S/c1-43-57(86-42-70-43)46-18-19-47(39-69-61(78)54-37-51(76)40-75(54)62(79)58(64(2,3)4)73-63(80)65(41-66)20-21-65)55(36-46)85-32-31-84-30-29-83-28-27-82-26-25-81-24-23-68-56(77)15-7-5-6-11-44-16-17-45-34-50(35-49(45)33-44)71-60-52-13-8-9-14-53(52)72-59(74-60)48-12-10-22-67-38-48/h8-10,12-14,16-19,22,33,36,38,42,50-51,54,58,61,69,76,78H,5,7,15,20-21,23-32,34-35,37,39-40H2,1-4H3,(H,68,77)(H,73,80)(H,71,72,74)/t50?,51-,54+,58-,61?/m1/s1. The summed E-state index contributed by atoms with van der Waals surface area (Å²) in [6.07, 6.45) is 5.88. The number of fused-ring (bicyclic) bond motifs is 2. The summed E-state index contributed by atoms with van der Waals surface area (Å²) >= 11 is 1.52. The SMILES string of the molecule is Cc1ncsc1-c1ccc(CNC(O)[C@@H]2C[C@@H](O)CN2C(=O)[C@@H](NC(=O)C2(C#N)CC2)C(C)(C)C)c(OCCOCCOCCOCCOCCNC(=O)CCCC#Cc2ccc3c(c2)CC(Nc2nc(-c4cccnc4)nc4ccccc24)C3)c1. The molecule has 20 nitrogen and oxygen atoms in total. The molecular formula is C65H78N10O10S. The van der Waals surface area contributed by atoms with Gasteiger partial charge in [-0.05, 0) is 110 Å². The number of carbonyl (C=O) groups excluding carboxylic acids is 3. The number of para-hydroxylation sites is 1. The van der Waals surface area contributed by atoms with Crippen LogP contribution in [0.15, 0.2) is 90.7 Å². The van der Waals surface area contributed by atoms with Gasteiger partial charge in [0, 0.05) is 73.0 Å². The summed E-state index contributed by atoms with van der Waals surface area (Å²) in [6, 6.07) is 24.7. The fourth-order valence-corrected chi connectivity index (χ4v) is 11.3. The summed E-state index contributed by atoms with van der Waals surface area (Å²) in [5.74, 6) is 7.64. The summed E-state index contributed by atoms with van der Waals surface area (Å²) in [5.41, 5.74) is 7.85. The largest absolute Gasteiger partial charge is 0.491 e. The van der Waals surface area contributed by atoms with Crippen LogP contribution < -0.4 is 26.0 Å². The fraction of sp³-hybridized carbons (Fsp3) is 0.477. The Morgan fingerprint density at radius 3 is 2.34 bits per heavy atom. The number of aliphatic hydroxyl groups excluding tert-OH is 2. The number of ether oxygens (including phenoxy) is 5. The molecule has 5 atom stereocenters. The van der Waals surface area contributed by atoms with E-state index in [9.17, 15) is 29.9 Å². The molecule has 6 N–H and O–H groups in total. The molecule has 21 heteroatoms. The molecule has 0 radical (unpaired) electrons. The molecule has 1 saturated carbocycles. The maximum atomic E-state index is 14.1. The lowest BCUT2D eigenvalue weighted by molar-refractivity contribution is -0.143. The molecule has 3 aliphatic rings. The molecule has 1 aliphatic heterocycles. The summed E-state index contributed by atoms with van der Waals surface area (Å²) in [5, 5.41) is 45.4. The number of hydrogen-bond donors (Lipinski definition) is 6. The van der Waals surface area contributed by atoms with E-state index in [1.807, 2.05) is 82.3 Å². The number of anilines is 1. The van der Waals surface area contributed by atoms with E-state index < -0.39 is 47.1 Å². The number of β-amino-alcohol motifs (C(OH)–C–C–N with tert-alkyl or cyclic N) is 1. The lowest BCUT2D eigenvalue weighted by Gasteiger charge is -2.37. The number of aromatic nitrogens is 4. The normalized spacial score (nSPS) is 17.5. The van der Waals surface area contributed by atoms with Crippen molar-refractivity contribution >= 4 is 45.8 Å². The third kappa shape index (κ3) is 17.2. The Kier molecular flexibility index (Phi) is 22.2. The first kappa shape index (κ1) is 63.1. The minimum atomic E-state index is -1.22. The molecule has 2 fully saturated rings. The van der Waals surface area contributed by atoms with Crippen LogP contribution in [0.25, 0.3) is 32.7 Å².